The van der Waals surface area contributed by atoms with Gasteiger partial charge in [0, 0.05) is 34.9 Å². The van der Waals surface area contributed by atoms with Crippen LogP contribution in [0.4, 0.5) is 5.69 Å². The van der Waals surface area contributed by atoms with Gasteiger partial charge in [-0.15, -0.1) is 0 Å². The average Bonchev–Trinajstić information content (AvgIpc) is 2.71. The molecule has 2 rings (SSSR count). The number of benzene rings is 2. The second kappa shape index (κ2) is 10.7. The normalized spacial score (nSPS) is 11.6. The van der Waals surface area contributed by atoms with Crippen molar-refractivity contribution in [2.45, 2.75) is 26.8 Å². The standard InChI is InChI=1S/C21H27ClN4O2/c1-4-26(5-2)19-11-9-16(10-12-19)21(28)25-24-20(27)14-23-15(3)17-7-6-8-18(22)13-17/h6-13,15,23H,4-5,14H2,1-3H3,(H,24,27)(H,25,28)/p+1/t15-/m0/s1. The molecule has 4 N–H and O–H groups in total. The molecule has 0 saturated heterocycles. The molecule has 2 aromatic carbocycles. The Kier molecular flexibility index (Phi) is 8.29. The van der Waals surface area contributed by atoms with Crippen LogP contribution in [0, 0.1) is 0 Å². The highest BCUT2D eigenvalue weighted by atomic mass is 35.5. The maximum atomic E-state index is 12.2. The van der Waals surface area contributed by atoms with Gasteiger partial charge in [0.2, 0.25) is 0 Å². The van der Waals surface area contributed by atoms with Crippen LogP contribution in [-0.4, -0.2) is 31.4 Å². The van der Waals surface area contributed by atoms with E-state index in [1.54, 1.807) is 12.1 Å². The summed E-state index contributed by atoms with van der Waals surface area (Å²) in [5, 5.41) is 2.55. The number of hydrogen-bond donors (Lipinski definition) is 3. The van der Waals surface area contributed by atoms with E-state index in [2.05, 4.69) is 29.6 Å². The Morgan fingerprint density at radius 1 is 1.07 bits per heavy atom. The number of hydrogen-bond acceptors (Lipinski definition) is 3. The van der Waals surface area contributed by atoms with Crippen LogP contribution in [0.15, 0.2) is 48.5 Å². The van der Waals surface area contributed by atoms with E-state index in [-0.39, 0.29) is 24.4 Å². The van der Waals surface area contributed by atoms with Crippen molar-refractivity contribution in [2.24, 2.45) is 0 Å². The lowest BCUT2D eigenvalue weighted by atomic mass is 10.1. The summed E-state index contributed by atoms with van der Waals surface area (Å²) in [6.07, 6.45) is 0. The van der Waals surface area contributed by atoms with Crippen molar-refractivity contribution < 1.29 is 14.9 Å². The van der Waals surface area contributed by atoms with Crippen molar-refractivity contribution >= 4 is 29.1 Å². The molecule has 6 nitrogen and oxygen atoms in total. The predicted molar refractivity (Wildman–Crippen MR) is 112 cm³/mol. The zero-order chi connectivity index (χ0) is 20.5. The Bertz CT molecular complexity index is 791. The molecule has 1 atom stereocenters. The number of nitrogens with zero attached hydrogens (tertiary/aromatic N) is 1. The summed E-state index contributed by atoms with van der Waals surface area (Å²) >= 11 is 5.99. The first-order valence-corrected chi connectivity index (χ1v) is 9.85. The molecule has 0 fully saturated rings. The van der Waals surface area contributed by atoms with Crippen LogP contribution in [0.5, 0.6) is 0 Å². The molecule has 0 aliphatic rings. The van der Waals surface area contributed by atoms with Gasteiger partial charge in [0.05, 0.1) is 0 Å². The number of carbonyl (C=O) groups excluding carboxylic acids is 2. The molecule has 0 unspecified atom stereocenters. The van der Waals surface area contributed by atoms with Crippen molar-refractivity contribution in [2.75, 3.05) is 24.5 Å². The van der Waals surface area contributed by atoms with Crippen LogP contribution in [-0.2, 0) is 4.79 Å². The molecule has 0 saturated carbocycles. The van der Waals surface area contributed by atoms with E-state index in [1.807, 2.05) is 48.6 Å². The molecule has 0 aliphatic heterocycles. The zero-order valence-corrected chi connectivity index (χ0v) is 17.3. The smallest absolute Gasteiger partial charge is 0.293 e. The quantitative estimate of drug-likeness (QED) is 0.592. The molecule has 0 aliphatic carbocycles. The monoisotopic (exact) mass is 403 g/mol. The van der Waals surface area contributed by atoms with Gasteiger partial charge in [0.1, 0.15) is 6.04 Å². The van der Waals surface area contributed by atoms with E-state index in [1.165, 1.54) is 0 Å². The highest BCUT2D eigenvalue weighted by Crippen LogP contribution is 2.15. The van der Waals surface area contributed by atoms with Crippen molar-refractivity contribution in [3.05, 3.63) is 64.7 Å². The van der Waals surface area contributed by atoms with Gasteiger partial charge in [-0.3, -0.25) is 20.4 Å². The SMILES string of the molecule is CCN(CC)c1ccc(C(=O)NNC(=O)C[NH2+][C@@H](C)c2cccc(Cl)c2)cc1. The largest absolute Gasteiger partial charge is 0.372 e. The fourth-order valence-electron chi connectivity index (χ4n) is 2.87. The van der Waals surface area contributed by atoms with Crippen LogP contribution in [0.1, 0.15) is 42.7 Å². The molecule has 7 heteroatoms. The fraction of sp³-hybridized carbons (Fsp3) is 0.333. The lowest BCUT2D eigenvalue weighted by Gasteiger charge is -2.21. The third-order valence-electron chi connectivity index (χ3n) is 4.60. The van der Waals surface area contributed by atoms with E-state index >= 15 is 0 Å². The van der Waals surface area contributed by atoms with Gasteiger partial charge in [-0.25, -0.2) is 0 Å². The van der Waals surface area contributed by atoms with Crippen LogP contribution in [0.3, 0.4) is 0 Å². The Labute approximate surface area is 171 Å². The van der Waals surface area contributed by atoms with Crippen molar-refractivity contribution in [1.29, 1.82) is 0 Å². The summed E-state index contributed by atoms with van der Waals surface area (Å²) < 4.78 is 0. The van der Waals surface area contributed by atoms with Crippen molar-refractivity contribution in [3.63, 3.8) is 0 Å². The lowest BCUT2D eigenvalue weighted by molar-refractivity contribution is -0.682. The van der Waals surface area contributed by atoms with Crippen LogP contribution >= 0.6 is 11.6 Å². The Hall–Kier alpha value is -2.57. The van der Waals surface area contributed by atoms with Gasteiger partial charge in [0.25, 0.3) is 11.8 Å². The van der Waals surface area contributed by atoms with Crippen LogP contribution < -0.4 is 21.1 Å². The summed E-state index contributed by atoms with van der Waals surface area (Å²) in [6, 6.07) is 14.9. The molecular formula is C21H28ClN4O2+. The third-order valence-corrected chi connectivity index (χ3v) is 4.84. The maximum Gasteiger partial charge on any atom is 0.293 e. The number of hydrazine groups is 1. The molecule has 0 heterocycles. The molecule has 2 aromatic rings. The molecule has 0 spiro atoms. The number of carbonyl (C=O) groups is 2. The fourth-order valence-corrected chi connectivity index (χ4v) is 3.07. The second-order valence-electron chi connectivity index (χ2n) is 6.50. The topological polar surface area (TPSA) is 78.1 Å². The van der Waals surface area contributed by atoms with Gasteiger partial charge < -0.3 is 10.2 Å². The number of nitrogens with two attached hydrogens (primary N) is 1. The first-order chi connectivity index (χ1) is 13.4. The van der Waals surface area contributed by atoms with E-state index in [9.17, 15) is 9.59 Å². The van der Waals surface area contributed by atoms with Crippen LogP contribution in [0.2, 0.25) is 5.02 Å². The number of quaternary nitrogens is 1. The van der Waals surface area contributed by atoms with E-state index in [0.29, 0.717) is 10.6 Å². The molecular weight excluding hydrogens is 376 g/mol. The van der Waals surface area contributed by atoms with Gasteiger partial charge in [-0.1, -0.05) is 23.7 Å². The highest BCUT2D eigenvalue weighted by Gasteiger charge is 2.13. The van der Waals surface area contributed by atoms with Crippen molar-refractivity contribution in [1.82, 2.24) is 10.9 Å². The summed E-state index contributed by atoms with van der Waals surface area (Å²) in [6.45, 7) is 8.17. The molecule has 0 aromatic heterocycles. The number of rotatable bonds is 8. The third kappa shape index (κ3) is 6.25. The number of nitrogens with one attached hydrogen (secondary N) is 2. The average molecular weight is 404 g/mol. The van der Waals surface area contributed by atoms with Crippen LogP contribution in [0.25, 0.3) is 0 Å². The van der Waals surface area contributed by atoms with Gasteiger partial charge >= 0.3 is 0 Å². The molecule has 150 valence electrons. The Balaban J connectivity index is 1.79. The molecule has 0 radical (unpaired) electrons. The van der Waals surface area contributed by atoms with Gasteiger partial charge in [-0.2, -0.15) is 0 Å². The minimum atomic E-state index is -0.345. The van der Waals surface area contributed by atoms with Crippen molar-refractivity contribution in [3.8, 4) is 0 Å². The number of amides is 2. The first kappa shape index (κ1) is 21.7. The van der Waals surface area contributed by atoms with Gasteiger partial charge in [0.15, 0.2) is 6.54 Å². The zero-order valence-electron chi connectivity index (χ0n) is 16.5. The number of anilines is 1. The number of halogens is 1. The van der Waals surface area contributed by atoms with E-state index in [4.69, 9.17) is 11.6 Å². The van der Waals surface area contributed by atoms with E-state index in [0.717, 1.165) is 24.3 Å². The molecule has 2 amide bonds. The predicted octanol–water partition coefficient (Wildman–Crippen LogP) is 2.27. The first-order valence-electron chi connectivity index (χ1n) is 9.47. The maximum absolute atomic E-state index is 12.2. The Morgan fingerprint density at radius 2 is 1.75 bits per heavy atom. The highest BCUT2D eigenvalue weighted by molar-refractivity contribution is 6.30. The lowest BCUT2D eigenvalue weighted by Crippen LogP contribution is -2.87. The minimum absolute atomic E-state index is 0.0766. The molecule has 0 bridgehead atoms. The summed E-state index contributed by atoms with van der Waals surface area (Å²) in [4.78, 5) is 26.4. The Morgan fingerprint density at radius 3 is 2.36 bits per heavy atom. The summed E-state index contributed by atoms with van der Waals surface area (Å²) in [7, 11) is 0. The summed E-state index contributed by atoms with van der Waals surface area (Å²) in [5.41, 5.74) is 7.50. The molecule has 28 heavy (non-hydrogen) atoms. The summed E-state index contributed by atoms with van der Waals surface area (Å²) in [5.74, 6) is -0.621. The van der Waals surface area contributed by atoms with Gasteiger partial charge in [-0.05, 0) is 57.2 Å². The van der Waals surface area contributed by atoms with E-state index < -0.39 is 0 Å². The second-order valence-corrected chi connectivity index (χ2v) is 6.94. The minimum Gasteiger partial charge on any atom is -0.372 e.